The van der Waals surface area contributed by atoms with E-state index in [1.54, 1.807) is 12.4 Å². The van der Waals surface area contributed by atoms with Gasteiger partial charge in [0.2, 0.25) is 5.88 Å². The third-order valence-corrected chi connectivity index (χ3v) is 8.05. The summed E-state index contributed by atoms with van der Waals surface area (Å²) >= 11 is 6.18. The summed E-state index contributed by atoms with van der Waals surface area (Å²) in [4.78, 5) is 15.9. The lowest BCUT2D eigenvalue weighted by molar-refractivity contribution is -0.00232. The molecule has 1 atom stereocenters. The quantitative estimate of drug-likeness (QED) is 0.462. The molecule has 8 heteroatoms. The molecule has 0 radical (unpaired) electrons. The number of benzene rings is 1. The molecule has 2 aliphatic heterocycles. The van der Waals surface area contributed by atoms with E-state index in [1.807, 2.05) is 37.3 Å². The molecule has 3 aliphatic rings. The van der Waals surface area contributed by atoms with E-state index in [-0.39, 0.29) is 12.2 Å². The van der Waals surface area contributed by atoms with Crippen LogP contribution in [-0.2, 0) is 12.8 Å². The summed E-state index contributed by atoms with van der Waals surface area (Å²) in [5.41, 5.74) is 3.96. The summed E-state index contributed by atoms with van der Waals surface area (Å²) in [5.74, 6) is 2.87. The van der Waals surface area contributed by atoms with E-state index in [0.717, 1.165) is 66.4 Å². The zero-order valence-corrected chi connectivity index (χ0v) is 22.0. The van der Waals surface area contributed by atoms with Gasteiger partial charge in [-0.1, -0.05) is 11.6 Å². The molecule has 3 aromatic rings. The summed E-state index contributed by atoms with van der Waals surface area (Å²) < 4.78 is 12.5. The Hall–Kier alpha value is -2.74. The van der Waals surface area contributed by atoms with Crippen LogP contribution in [0.4, 0.5) is 0 Å². The number of ether oxygens (including phenoxy) is 2. The van der Waals surface area contributed by atoms with Crippen molar-refractivity contribution in [2.45, 2.75) is 57.2 Å². The number of aliphatic hydroxyl groups is 1. The monoisotopic (exact) mass is 520 g/mol. The number of halogens is 1. The van der Waals surface area contributed by atoms with Crippen molar-refractivity contribution >= 4 is 11.6 Å². The number of rotatable bonds is 8. The number of aliphatic hydroxyl groups excluding tert-OH is 1. The zero-order valence-electron chi connectivity index (χ0n) is 21.2. The van der Waals surface area contributed by atoms with E-state index in [9.17, 15) is 5.11 Å². The van der Waals surface area contributed by atoms with Crippen molar-refractivity contribution in [2.75, 3.05) is 26.2 Å². The lowest BCUT2D eigenvalue weighted by Crippen LogP contribution is -2.49. The second-order valence-electron chi connectivity index (χ2n) is 10.8. The van der Waals surface area contributed by atoms with Crippen molar-refractivity contribution in [2.24, 2.45) is 5.92 Å². The van der Waals surface area contributed by atoms with Gasteiger partial charge < -0.3 is 19.5 Å². The maximum atomic E-state index is 10.9. The van der Waals surface area contributed by atoms with Crippen molar-refractivity contribution in [3.8, 4) is 23.0 Å². The molecule has 1 unspecified atom stereocenters. The van der Waals surface area contributed by atoms with Gasteiger partial charge in [0.25, 0.3) is 0 Å². The van der Waals surface area contributed by atoms with Gasteiger partial charge >= 0.3 is 0 Å². The van der Waals surface area contributed by atoms with E-state index in [0.29, 0.717) is 24.2 Å². The molecule has 1 aliphatic carbocycles. The maximum absolute atomic E-state index is 10.9. The molecule has 7 nitrogen and oxygen atoms in total. The predicted molar refractivity (Wildman–Crippen MR) is 142 cm³/mol. The van der Waals surface area contributed by atoms with E-state index < -0.39 is 6.10 Å². The molecule has 4 heterocycles. The lowest BCUT2D eigenvalue weighted by Gasteiger charge is -2.39. The molecule has 1 aromatic carbocycles. The van der Waals surface area contributed by atoms with Gasteiger partial charge in [-0.15, -0.1) is 0 Å². The standard InChI is InChI=1S/C29H33ClN4O3/c1-19-25(14-20-2-3-20)28(33-27(32-19)21-6-10-31-11-7-21)36-18-24(35)17-34-12-8-29(9-13-34)16-22-15-23(30)4-5-26(22)37-29/h4-7,10-11,15,20,24,35H,2-3,8-9,12-14,16-18H2,1H3. The van der Waals surface area contributed by atoms with Crippen molar-refractivity contribution < 1.29 is 14.6 Å². The second kappa shape index (κ2) is 10.2. The van der Waals surface area contributed by atoms with Crippen molar-refractivity contribution in [1.82, 2.24) is 19.9 Å². The third kappa shape index (κ3) is 5.59. The molecule has 2 aromatic heterocycles. The highest BCUT2D eigenvalue weighted by Crippen LogP contribution is 2.42. The predicted octanol–water partition coefficient (Wildman–Crippen LogP) is 4.66. The van der Waals surface area contributed by atoms with E-state index in [4.69, 9.17) is 31.0 Å². The Bertz CT molecular complexity index is 1260. The van der Waals surface area contributed by atoms with Crippen LogP contribution in [0, 0.1) is 12.8 Å². The average molecular weight is 521 g/mol. The van der Waals surface area contributed by atoms with Gasteiger partial charge in [0.05, 0.1) is 0 Å². The molecule has 1 saturated carbocycles. The molecule has 1 spiro atoms. The smallest absolute Gasteiger partial charge is 0.220 e. The Balaban J connectivity index is 1.07. The minimum absolute atomic E-state index is 0.148. The summed E-state index contributed by atoms with van der Waals surface area (Å²) in [7, 11) is 0. The Morgan fingerprint density at radius 1 is 1.16 bits per heavy atom. The molecule has 194 valence electrons. The Labute approximate surface area is 222 Å². The highest BCUT2D eigenvalue weighted by atomic mass is 35.5. The van der Waals surface area contributed by atoms with Crippen LogP contribution in [0.15, 0.2) is 42.7 Å². The molecule has 6 rings (SSSR count). The van der Waals surface area contributed by atoms with Crippen molar-refractivity contribution in [3.05, 3.63) is 64.6 Å². The third-order valence-electron chi connectivity index (χ3n) is 7.81. The lowest BCUT2D eigenvalue weighted by atomic mass is 9.87. The molecule has 1 N–H and O–H groups in total. The number of β-amino-alcohol motifs (C(OH)–C–C–N with tert-alkyl or cyclic N) is 1. The largest absolute Gasteiger partial charge is 0.487 e. The molecular weight excluding hydrogens is 488 g/mol. The number of aromatic nitrogens is 3. The van der Waals surface area contributed by atoms with Crippen LogP contribution in [-0.4, -0.2) is 62.9 Å². The number of piperidine rings is 1. The van der Waals surface area contributed by atoms with Gasteiger partial charge in [0.1, 0.15) is 24.1 Å². The first-order chi connectivity index (χ1) is 18.0. The first-order valence-electron chi connectivity index (χ1n) is 13.2. The van der Waals surface area contributed by atoms with Crippen LogP contribution in [0.25, 0.3) is 11.4 Å². The highest BCUT2D eigenvalue weighted by molar-refractivity contribution is 6.30. The number of hydrogen-bond acceptors (Lipinski definition) is 7. The first-order valence-corrected chi connectivity index (χ1v) is 13.6. The number of fused-ring (bicyclic) bond motifs is 1. The Kier molecular flexibility index (Phi) is 6.78. The Morgan fingerprint density at radius 3 is 2.70 bits per heavy atom. The fourth-order valence-electron chi connectivity index (χ4n) is 5.51. The molecule has 37 heavy (non-hydrogen) atoms. The fourth-order valence-corrected chi connectivity index (χ4v) is 5.71. The topological polar surface area (TPSA) is 80.6 Å². The summed E-state index contributed by atoms with van der Waals surface area (Å²) in [6.07, 6.45) is 9.04. The van der Waals surface area contributed by atoms with E-state index in [2.05, 4.69) is 9.88 Å². The summed E-state index contributed by atoms with van der Waals surface area (Å²) in [5, 5.41) is 11.6. The van der Waals surface area contributed by atoms with Crippen LogP contribution in [0.5, 0.6) is 11.6 Å². The van der Waals surface area contributed by atoms with Crippen LogP contribution in [0.1, 0.15) is 42.5 Å². The first kappa shape index (κ1) is 24.6. The summed E-state index contributed by atoms with van der Waals surface area (Å²) in [6, 6.07) is 9.69. The number of aryl methyl sites for hydroxylation is 1. The fraction of sp³-hybridized carbons (Fsp3) is 0.483. The molecular formula is C29H33ClN4O3. The Morgan fingerprint density at radius 2 is 1.95 bits per heavy atom. The van der Waals surface area contributed by atoms with Crippen molar-refractivity contribution in [1.29, 1.82) is 0 Å². The zero-order chi connectivity index (χ0) is 25.4. The van der Waals surface area contributed by atoms with Crippen LogP contribution in [0.3, 0.4) is 0 Å². The minimum atomic E-state index is -0.608. The minimum Gasteiger partial charge on any atom is -0.487 e. The number of nitrogens with zero attached hydrogens (tertiary/aromatic N) is 4. The molecule has 0 bridgehead atoms. The molecule has 2 fully saturated rings. The van der Waals surface area contributed by atoms with E-state index >= 15 is 0 Å². The number of likely N-dealkylation sites (tertiary alicyclic amines) is 1. The van der Waals surface area contributed by atoms with E-state index in [1.165, 1.54) is 18.4 Å². The molecule has 1 saturated heterocycles. The number of hydrogen-bond donors (Lipinski definition) is 1. The van der Waals surface area contributed by atoms with Crippen LogP contribution in [0.2, 0.25) is 5.02 Å². The molecule has 0 amide bonds. The SMILES string of the molecule is Cc1nc(-c2ccncc2)nc(OCC(O)CN2CCC3(CC2)Cc2cc(Cl)ccc2O3)c1CC1CC1. The average Bonchev–Trinajstić information content (AvgIpc) is 3.65. The highest BCUT2D eigenvalue weighted by Gasteiger charge is 2.42. The van der Waals surface area contributed by atoms with Crippen LogP contribution >= 0.6 is 11.6 Å². The van der Waals surface area contributed by atoms with Gasteiger partial charge in [-0.3, -0.25) is 4.98 Å². The second-order valence-corrected chi connectivity index (χ2v) is 11.2. The van der Waals surface area contributed by atoms with Gasteiger partial charge in [-0.05, 0) is 68.0 Å². The van der Waals surface area contributed by atoms with Crippen molar-refractivity contribution in [3.63, 3.8) is 0 Å². The van der Waals surface area contributed by atoms with Gasteiger partial charge in [0.15, 0.2) is 5.82 Å². The normalized spacial score (nSPS) is 19.4. The van der Waals surface area contributed by atoms with Gasteiger partial charge in [0, 0.05) is 73.1 Å². The number of pyridine rings is 1. The van der Waals surface area contributed by atoms with Gasteiger partial charge in [-0.2, -0.15) is 4.98 Å². The van der Waals surface area contributed by atoms with Crippen LogP contribution < -0.4 is 9.47 Å². The maximum Gasteiger partial charge on any atom is 0.220 e. The summed E-state index contributed by atoms with van der Waals surface area (Å²) in [6.45, 7) is 4.55. The van der Waals surface area contributed by atoms with Gasteiger partial charge in [-0.25, -0.2) is 4.98 Å².